The number of carbonyl (C=O) groups is 2. The highest BCUT2D eigenvalue weighted by Gasteiger charge is 2.25. The number of benzene rings is 2. The van der Waals surface area contributed by atoms with Crippen molar-refractivity contribution >= 4 is 27.7 Å². The standard InChI is InChI=1S/C27H32N6O4S/c1-29-26(28)23-12-9-21(10-13-23)17-31-25(34)18-32-27(35)24(14-11-20-6-3-2-4-7-20)33-38(36,37)19-22-8-5-15-30-16-22/h2-10,12-13,15-16,24,33H,11,14,17-19H2,1H3,(H2,28,29)(H,31,34)(H,32,35)/t24-/m1/s1. The third kappa shape index (κ3) is 9.41. The van der Waals surface area contributed by atoms with Gasteiger partial charge in [-0.25, -0.2) is 13.1 Å². The number of aliphatic imine (C=N–C) groups is 1. The van der Waals surface area contributed by atoms with Crippen LogP contribution in [0.5, 0.6) is 0 Å². The quantitative estimate of drug-likeness (QED) is 0.190. The van der Waals surface area contributed by atoms with Crippen molar-refractivity contribution in [2.24, 2.45) is 10.7 Å². The molecule has 0 saturated heterocycles. The molecular weight excluding hydrogens is 504 g/mol. The molecule has 11 heteroatoms. The molecule has 0 aliphatic carbocycles. The van der Waals surface area contributed by atoms with Crippen molar-refractivity contribution in [3.05, 3.63) is 101 Å². The van der Waals surface area contributed by atoms with Gasteiger partial charge < -0.3 is 16.4 Å². The number of hydrogen-bond acceptors (Lipinski definition) is 6. The monoisotopic (exact) mass is 536 g/mol. The van der Waals surface area contributed by atoms with Crippen molar-refractivity contribution in [2.75, 3.05) is 13.6 Å². The van der Waals surface area contributed by atoms with Crippen molar-refractivity contribution in [3.8, 4) is 0 Å². The molecule has 1 aromatic heterocycles. The van der Waals surface area contributed by atoms with Gasteiger partial charge in [0.05, 0.1) is 12.3 Å². The molecule has 2 aromatic carbocycles. The number of hydrogen-bond donors (Lipinski definition) is 4. The lowest BCUT2D eigenvalue weighted by Gasteiger charge is -2.19. The molecule has 0 spiro atoms. The molecule has 5 N–H and O–H groups in total. The Hall–Kier alpha value is -4.09. The fourth-order valence-corrected chi connectivity index (χ4v) is 4.99. The van der Waals surface area contributed by atoms with E-state index in [-0.39, 0.29) is 25.3 Å². The summed E-state index contributed by atoms with van der Waals surface area (Å²) in [6.45, 7) is -0.0359. The SMILES string of the molecule is C/N=C(/N)c1ccc(CNC(=O)CNC(=O)[C@@H](CCc2ccccc2)NS(=O)(=O)Cc2cccnc2)cc1. The topological polar surface area (TPSA) is 156 Å². The first kappa shape index (κ1) is 28.5. The van der Waals surface area contributed by atoms with Crippen molar-refractivity contribution in [3.63, 3.8) is 0 Å². The Balaban J connectivity index is 1.57. The second-order valence-electron chi connectivity index (χ2n) is 8.62. The molecule has 2 amide bonds. The van der Waals surface area contributed by atoms with E-state index >= 15 is 0 Å². The maximum Gasteiger partial charge on any atom is 0.239 e. The molecule has 0 saturated carbocycles. The van der Waals surface area contributed by atoms with Crippen molar-refractivity contribution in [1.82, 2.24) is 20.3 Å². The number of rotatable bonds is 13. The fourth-order valence-electron chi connectivity index (χ4n) is 3.64. The van der Waals surface area contributed by atoms with Gasteiger partial charge in [0.1, 0.15) is 11.9 Å². The van der Waals surface area contributed by atoms with Crippen LogP contribution < -0.4 is 21.1 Å². The van der Waals surface area contributed by atoms with Gasteiger partial charge in [-0.15, -0.1) is 0 Å². The Kier molecular flexibility index (Phi) is 10.5. The highest BCUT2D eigenvalue weighted by Crippen LogP contribution is 2.09. The van der Waals surface area contributed by atoms with E-state index < -0.39 is 27.9 Å². The second kappa shape index (κ2) is 14.0. The Morgan fingerprint density at radius 1 is 0.947 bits per heavy atom. The number of amides is 2. The highest BCUT2D eigenvalue weighted by molar-refractivity contribution is 7.88. The summed E-state index contributed by atoms with van der Waals surface area (Å²) >= 11 is 0. The first-order valence-corrected chi connectivity index (χ1v) is 13.7. The molecule has 0 radical (unpaired) electrons. The molecular formula is C27H32N6O4S. The number of sulfonamides is 1. The number of nitrogens with two attached hydrogens (primary N) is 1. The number of pyridine rings is 1. The number of nitrogens with one attached hydrogen (secondary N) is 3. The Bertz CT molecular complexity index is 1330. The van der Waals surface area contributed by atoms with Crippen LogP contribution in [0.25, 0.3) is 0 Å². The molecule has 3 rings (SSSR count). The first-order chi connectivity index (χ1) is 18.3. The molecule has 0 aliphatic heterocycles. The third-order valence-corrected chi connectivity index (χ3v) is 7.04. The van der Waals surface area contributed by atoms with Gasteiger partial charge in [0.25, 0.3) is 0 Å². The molecule has 0 unspecified atom stereocenters. The Labute approximate surface area is 222 Å². The van der Waals surface area contributed by atoms with Crippen LogP contribution in [0.2, 0.25) is 0 Å². The third-order valence-electron chi connectivity index (χ3n) is 5.69. The molecule has 3 aromatic rings. The molecule has 38 heavy (non-hydrogen) atoms. The number of aryl methyl sites for hydroxylation is 1. The van der Waals surface area contributed by atoms with Gasteiger partial charge in [-0.3, -0.25) is 19.6 Å². The maximum absolute atomic E-state index is 12.9. The summed E-state index contributed by atoms with van der Waals surface area (Å²) in [4.78, 5) is 33.2. The largest absolute Gasteiger partial charge is 0.384 e. The van der Waals surface area contributed by atoms with Crippen LogP contribution in [0.15, 0.2) is 84.1 Å². The molecule has 0 bridgehead atoms. The number of carbonyl (C=O) groups excluding carboxylic acids is 2. The summed E-state index contributed by atoms with van der Waals surface area (Å²) in [6.07, 6.45) is 3.71. The van der Waals surface area contributed by atoms with E-state index in [1.54, 1.807) is 37.5 Å². The minimum absolute atomic E-state index is 0.222. The smallest absolute Gasteiger partial charge is 0.239 e. The molecule has 1 heterocycles. The summed E-state index contributed by atoms with van der Waals surface area (Å²) in [5.41, 5.74) is 8.88. The van der Waals surface area contributed by atoms with E-state index in [1.807, 2.05) is 42.5 Å². The summed E-state index contributed by atoms with van der Waals surface area (Å²) < 4.78 is 28.1. The number of amidine groups is 1. The van der Waals surface area contributed by atoms with Gasteiger partial charge >= 0.3 is 0 Å². The summed E-state index contributed by atoms with van der Waals surface area (Å²) in [5, 5.41) is 5.28. The van der Waals surface area contributed by atoms with E-state index in [4.69, 9.17) is 5.73 Å². The summed E-state index contributed by atoms with van der Waals surface area (Å²) in [6, 6.07) is 18.9. The van der Waals surface area contributed by atoms with Crippen LogP contribution in [0, 0.1) is 0 Å². The minimum Gasteiger partial charge on any atom is -0.384 e. The minimum atomic E-state index is -3.85. The van der Waals surface area contributed by atoms with E-state index in [9.17, 15) is 18.0 Å². The number of nitrogens with zero attached hydrogens (tertiary/aromatic N) is 2. The van der Waals surface area contributed by atoms with Gasteiger partial charge in [-0.2, -0.15) is 0 Å². The van der Waals surface area contributed by atoms with Gasteiger partial charge in [0, 0.05) is 31.5 Å². The van der Waals surface area contributed by atoms with Crippen molar-refractivity contribution < 1.29 is 18.0 Å². The van der Waals surface area contributed by atoms with E-state index in [1.165, 1.54) is 6.20 Å². The zero-order valence-electron chi connectivity index (χ0n) is 21.1. The van der Waals surface area contributed by atoms with Gasteiger partial charge in [0.2, 0.25) is 21.8 Å². The van der Waals surface area contributed by atoms with Crippen LogP contribution in [0.1, 0.15) is 28.7 Å². The summed E-state index contributed by atoms with van der Waals surface area (Å²) in [5.74, 6) is -0.881. The van der Waals surface area contributed by atoms with Gasteiger partial charge in [-0.1, -0.05) is 60.7 Å². The molecule has 0 aliphatic rings. The van der Waals surface area contributed by atoms with E-state index in [2.05, 4.69) is 25.3 Å². The van der Waals surface area contributed by atoms with Crippen molar-refractivity contribution in [2.45, 2.75) is 31.2 Å². The predicted molar refractivity (Wildman–Crippen MR) is 146 cm³/mol. The zero-order valence-corrected chi connectivity index (χ0v) is 21.9. The number of aromatic nitrogens is 1. The lowest BCUT2D eigenvalue weighted by molar-refractivity contribution is -0.127. The molecule has 200 valence electrons. The Morgan fingerprint density at radius 3 is 2.32 bits per heavy atom. The van der Waals surface area contributed by atoms with Crippen LogP contribution >= 0.6 is 0 Å². The van der Waals surface area contributed by atoms with Gasteiger partial charge in [-0.05, 0) is 35.6 Å². The van der Waals surface area contributed by atoms with Gasteiger partial charge in [0.15, 0.2) is 0 Å². The van der Waals surface area contributed by atoms with Crippen LogP contribution in [-0.4, -0.2) is 50.7 Å². The molecule has 1 atom stereocenters. The lowest BCUT2D eigenvalue weighted by Crippen LogP contribution is -2.49. The lowest BCUT2D eigenvalue weighted by atomic mass is 10.1. The molecule has 10 nitrogen and oxygen atoms in total. The molecule has 0 fully saturated rings. The highest BCUT2D eigenvalue weighted by atomic mass is 32.2. The van der Waals surface area contributed by atoms with E-state index in [0.29, 0.717) is 17.8 Å². The van der Waals surface area contributed by atoms with Crippen LogP contribution in [0.4, 0.5) is 0 Å². The first-order valence-electron chi connectivity index (χ1n) is 12.0. The predicted octanol–water partition coefficient (Wildman–Crippen LogP) is 1.27. The Morgan fingerprint density at radius 2 is 1.66 bits per heavy atom. The van der Waals surface area contributed by atoms with E-state index in [0.717, 1.165) is 16.7 Å². The zero-order chi connectivity index (χ0) is 27.4. The maximum atomic E-state index is 12.9. The normalized spacial score (nSPS) is 12.5. The van der Waals surface area contributed by atoms with Crippen LogP contribution in [-0.2, 0) is 38.3 Å². The second-order valence-corrected chi connectivity index (χ2v) is 10.4. The fraction of sp³-hybridized carbons (Fsp3) is 0.259. The van der Waals surface area contributed by atoms with Crippen LogP contribution in [0.3, 0.4) is 0 Å². The average Bonchev–Trinajstić information content (AvgIpc) is 2.93. The average molecular weight is 537 g/mol. The van der Waals surface area contributed by atoms with Crippen molar-refractivity contribution in [1.29, 1.82) is 0 Å². The summed E-state index contributed by atoms with van der Waals surface area (Å²) in [7, 11) is -2.24.